The van der Waals surface area contributed by atoms with Gasteiger partial charge in [-0.15, -0.1) is 0 Å². The highest BCUT2D eigenvalue weighted by molar-refractivity contribution is 6.99. The topological polar surface area (TPSA) is 130 Å². The maximum Gasteiger partial charge on any atom is 0.261 e. The molecule has 456 valence electrons. The number of hydrogen-bond donors (Lipinski definition) is 1. The molecule has 10 atom stereocenters. The van der Waals surface area contributed by atoms with Crippen molar-refractivity contribution in [3.05, 3.63) is 151 Å². The normalized spacial score (nSPS) is 24.4. The first-order valence-electron chi connectivity index (χ1n) is 30.4. The number of Topliss-reactive ketones (excluding diaryl/α,β-unsaturated/α-hetero) is 1. The molecule has 3 aliphatic rings. The maximum absolute atomic E-state index is 14.2. The van der Waals surface area contributed by atoms with Crippen LogP contribution in [0.3, 0.4) is 0 Å². The molecule has 83 heavy (non-hydrogen) atoms. The predicted molar refractivity (Wildman–Crippen MR) is 335 cm³/mol. The summed E-state index contributed by atoms with van der Waals surface area (Å²) in [5.41, 5.74) is 2.31. The Morgan fingerprint density at radius 3 is 1.95 bits per heavy atom. The van der Waals surface area contributed by atoms with Crippen molar-refractivity contribution in [2.75, 3.05) is 27.6 Å². The van der Waals surface area contributed by atoms with E-state index in [2.05, 4.69) is 122 Å². The van der Waals surface area contributed by atoms with Crippen LogP contribution in [0.15, 0.2) is 140 Å². The van der Waals surface area contributed by atoms with Gasteiger partial charge in [-0.2, -0.15) is 0 Å². The van der Waals surface area contributed by atoms with Gasteiger partial charge in [-0.05, 0) is 109 Å². The summed E-state index contributed by atoms with van der Waals surface area (Å²) in [6, 6.07) is 39.5. The Balaban J connectivity index is 1.01. The Morgan fingerprint density at radius 2 is 1.35 bits per heavy atom. The van der Waals surface area contributed by atoms with Gasteiger partial charge in [0.2, 0.25) is 5.79 Å². The molecule has 3 heterocycles. The molecule has 0 bridgehead atoms. The summed E-state index contributed by atoms with van der Waals surface area (Å²) in [4.78, 5) is 14.2. The van der Waals surface area contributed by atoms with Gasteiger partial charge in [0.25, 0.3) is 8.32 Å². The SMILES string of the molecule is C=C1CC(C=CC(C)(C)[C@]2(OC)O[C@H](C[C@@H](O[Si](C)(C)C(C)(C)C)[C@@H](C)OCOCc3ccccc3)CCC2=O)OC(CC2C[C@@H](O)CC(C[C@H](CCO[Si](c3ccccc3)(c3ccccc3)C(C)(C)C)OCc3ccc(OC)cc3)O2)C1. The zero-order valence-electron chi connectivity index (χ0n) is 52.4. The Labute approximate surface area is 500 Å². The molecule has 0 aromatic heterocycles. The van der Waals surface area contributed by atoms with Gasteiger partial charge in [-0.1, -0.05) is 183 Å². The van der Waals surface area contributed by atoms with E-state index in [1.165, 1.54) is 10.4 Å². The molecule has 12 nitrogen and oxygen atoms in total. The van der Waals surface area contributed by atoms with Crippen LogP contribution in [0.25, 0.3) is 0 Å². The van der Waals surface area contributed by atoms with E-state index in [1.54, 1.807) is 14.2 Å². The van der Waals surface area contributed by atoms with E-state index < -0.39 is 33.9 Å². The van der Waals surface area contributed by atoms with Gasteiger partial charge in [0.1, 0.15) is 12.5 Å². The van der Waals surface area contributed by atoms with Crippen LogP contribution in [0, 0.1) is 5.41 Å². The molecule has 0 aliphatic carbocycles. The van der Waals surface area contributed by atoms with E-state index in [0.29, 0.717) is 84.0 Å². The number of ketones is 1. The van der Waals surface area contributed by atoms with Gasteiger partial charge in [0.15, 0.2) is 14.1 Å². The standard InChI is InChI=1S/C69H100O12Si2/c1-50-40-57(36-38-68(9,10)69(73-12)65(71)35-34-58(80-69)46-64(81-82(13,14)66(3,4)5)51(2)76-49-74-47-52-24-18-15-19-25-52)78-59(41-50)45-61-43-54(70)42-60(79-61)44-56(75-48-53-30-32-55(72-11)33-31-53)37-39-77-83(67(6,7)8,62-26-20-16-21-27-62)63-28-22-17-23-29-63/h15-33,36,38,51,54,56-61,64,70H,1,34-35,37,39-49H2,2-14H3/t51-,54+,56+,57?,58+,59?,60?,61?,64-,69-/m1/s1. The van der Waals surface area contributed by atoms with Crippen molar-refractivity contribution in [3.63, 3.8) is 0 Å². The molecule has 14 heteroatoms. The van der Waals surface area contributed by atoms with Crippen LogP contribution in [-0.4, -0.2) is 116 Å². The fourth-order valence-electron chi connectivity index (χ4n) is 12.1. The molecule has 3 fully saturated rings. The van der Waals surface area contributed by atoms with E-state index in [4.69, 9.17) is 46.7 Å². The number of aliphatic hydroxyl groups is 1. The zero-order valence-corrected chi connectivity index (χ0v) is 54.4. The van der Waals surface area contributed by atoms with Crippen molar-refractivity contribution in [2.24, 2.45) is 5.41 Å². The summed E-state index contributed by atoms with van der Waals surface area (Å²) in [6.07, 6.45) is 6.93. The Bertz CT molecular complexity index is 2600. The van der Waals surface area contributed by atoms with Crippen LogP contribution >= 0.6 is 0 Å². The summed E-state index contributed by atoms with van der Waals surface area (Å²) >= 11 is 0. The smallest absolute Gasteiger partial charge is 0.261 e. The zero-order chi connectivity index (χ0) is 60.1. The Morgan fingerprint density at radius 1 is 0.735 bits per heavy atom. The minimum absolute atomic E-state index is 0.0385. The molecular weight excluding hydrogens is 1080 g/mol. The number of methoxy groups -OCH3 is 2. The average Bonchev–Trinajstić information content (AvgIpc) is 2.00. The van der Waals surface area contributed by atoms with Crippen LogP contribution < -0.4 is 15.1 Å². The van der Waals surface area contributed by atoms with Gasteiger partial charge < -0.3 is 51.9 Å². The second-order valence-corrected chi connectivity index (χ2v) is 35.7. The second-order valence-electron chi connectivity index (χ2n) is 26.6. The quantitative estimate of drug-likeness (QED) is 0.0251. The summed E-state index contributed by atoms with van der Waals surface area (Å²) in [5, 5.41) is 13.8. The number of benzene rings is 4. The van der Waals surface area contributed by atoms with Crippen molar-refractivity contribution in [2.45, 2.75) is 224 Å². The van der Waals surface area contributed by atoms with Gasteiger partial charge in [-0.25, -0.2) is 0 Å². The first kappa shape index (κ1) is 66.4. The molecule has 4 aromatic rings. The molecule has 0 saturated carbocycles. The largest absolute Gasteiger partial charge is 0.497 e. The van der Waals surface area contributed by atoms with Crippen molar-refractivity contribution >= 4 is 32.8 Å². The molecular formula is C69H100O12Si2. The highest BCUT2D eigenvalue weighted by atomic mass is 28.4. The third-order valence-corrected chi connectivity index (χ3v) is 27.3. The second kappa shape index (κ2) is 29.5. The van der Waals surface area contributed by atoms with Gasteiger partial charge >= 0.3 is 0 Å². The van der Waals surface area contributed by atoms with Crippen LogP contribution in [0.5, 0.6) is 5.75 Å². The molecule has 0 radical (unpaired) electrons. The van der Waals surface area contributed by atoms with Crippen molar-refractivity contribution in [1.29, 1.82) is 0 Å². The van der Waals surface area contributed by atoms with E-state index in [1.807, 2.05) is 87.5 Å². The lowest BCUT2D eigenvalue weighted by molar-refractivity contribution is -0.285. The van der Waals surface area contributed by atoms with Gasteiger partial charge in [0.05, 0.1) is 75.3 Å². The van der Waals surface area contributed by atoms with E-state index >= 15 is 0 Å². The molecule has 4 aromatic carbocycles. The fraction of sp³-hybridized carbons (Fsp3) is 0.580. The molecule has 1 N–H and O–H groups in total. The minimum Gasteiger partial charge on any atom is -0.497 e. The fourth-order valence-corrected chi connectivity index (χ4v) is 18.1. The van der Waals surface area contributed by atoms with Crippen LogP contribution in [0.4, 0.5) is 0 Å². The lowest BCUT2D eigenvalue weighted by atomic mass is 9.76. The summed E-state index contributed by atoms with van der Waals surface area (Å²) in [7, 11) is -1.83. The van der Waals surface area contributed by atoms with Crippen molar-refractivity contribution in [1.82, 2.24) is 0 Å². The lowest BCUT2D eigenvalue weighted by Crippen LogP contribution is -2.66. The number of carbonyl (C=O) groups is 1. The minimum atomic E-state index is -2.80. The van der Waals surface area contributed by atoms with E-state index in [0.717, 1.165) is 22.4 Å². The third-order valence-electron chi connectivity index (χ3n) is 17.8. The number of rotatable bonds is 28. The van der Waals surface area contributed by atoms with Crippen LogP contribution in [0.1, 0.15) is 138 Å². The molecule has 3 aliphatic heterocycles. The number of ether oxygens (including phenoxy) is 8. The first-order chi connectivity index (χ1) is 39.4. The highest BCUT2D eigenvalue weighted by Gasteiger charge is 2.56. The summed E-state index contributed by atoms with van der Waals surface area (Å²) in [6.45, 7) is 30.1. The van der Waals surface area contributed by atoms with Crippen molar-refractivity contribution in [3.8, 4) is 5.75 Å². The van der Waals surface area contributed by atoms with Crippen molar-refractivity contribution < 1.29 is 56.6 Å². The summed E-state index contributed by atoms with van der Waals surface area (Å²) < 4.78 is 66.0. The Hall–Kier alpha value is -4.14. The monoisotopic (exact) mass is 1180 g/mol. The van der Waals surface area contributed by atoms with E-state index in [-0.39, 0.29) is 71.5 Å². The van der Waals surface area contributed by atoms with Gasteiger partial charge in [-0.3, -0.25) is 4.79 Å². The van der Waals surface area contributed by atoms with E-state index in [9.17, 15) is 9.90 Å². The molecule has 0 spiro atoms. The molecule has 0 amide bonds. The number of aliphatic hydroxyl groups excluding tert-OH is 1. The van der Waals surface area contributed by atoms with Crippen LogP contribution in [-0.2, 0) is 60.0 Å². The molecule has 4 unspecified atom stereocenters. The van der Waals surface area contributed by atoms with Gasteiger partial charge in [0, 0.05) is 38.4 Å². The predicted octanol–water partition coefficient (Wildman–Crippen LogP) is 13.4. The maximum atomic E-state index is 14.2. The number of carbonyl (C=O) groups excluding carboxylic acids is 1. The number of hydrogen-bond acceptors (Lipinski definition) is 12. The third kappa shape index (κ3) is 17.5. The highest BCUT2D eigenvalue weighted by Crippen LogP contribution is 2.46. The molecule has 3 saturated heterocycles. The lowest BCUT2D eigenvalue weighted by Gasteiger charge is -2.48. The first-order valence-corrected chi connectivity index (χ1v) is 35.2. The summed E-state index contributed by atoms with van der Waals surface area (Å²) in [5.74, 6) is -0.852. The average molecular weight is 1180 g/mol. The molecule has 7 rings (SSSR count). The van der Waals surface area contributed by atoms with Crippen LogP contribution in [0.2, 0.25) is 23.2 Å². The Kier molecular flexibility index (Phi) is 23.6.